The average Bonchev–Trinajstić information content (AvgIpc) is 3.16. The Kier molecular flexibility index (Phi) is 6.28. The number of carbonyl (C=O) groups excluding carboxylic acids is 2. The van der Waals surface area contributed by atoms with Gasteiger partial charge in [0.1, 0.15) is 5.75 Å². The Labute approximate surface area is 165 Å². The number of thioether (sulfide) groups is 1. The van der Waals surface area contributed by atoms with Crippen LogP contribution in [0.25, 0.3) is 11.5 Å². The summed E-state index contributed by atoms with van der Waals surface area (Å²) in [7, 11) is 1.54. The second-order valence-electron chi connectivity index (χ2n) is 5.67. The smallest absolute Gasteiger partial charge is 0.277 e. The van der Waals surface area contributed by atoms with E-state index in [0.29, 0.717) is 28.6 Å². The Bertz CT molecular complexity index is 989. The minimum Gasteiger partial charge on any atom is -0.495 e. The van der Waals surface area contributed by atoms with Gasteiger partial charge in [0.2, 0.25) is 17.7 Å². The lowest BCUT2D eigenvalue weighted by atomic mass is 10.2. The molecule has 0 aliphatic carbocycles. The fourth-order valence-electron chi connectivity index (χ4n) is 2.38. The lowest BCUT2D eigenvalue weighted by Gasteiger charge is -2.08. The van der Waals surface area contributed by atoms with Crippen molar-refractivity contribution in [1.29, 1.82) is 0 Å². The fourth-order valence-corrected chi connectivity index (χ4v) is 2.94. The number of carbonyl (C=O) groups is 2. The van der Waals surface area contributed by atoms with Crippen molar-refractivity contribution in [2.75, 3.05) is 23.5 Å². The molecule has 3 rings (SSSR count). The number of nitrogens with one attached hydrogen (secondary N) is 2. The van der Waals surface area contributed by atoms with Crippen molar-refractivity contribution in [3.05, 3.63) is 48.5 Å². The van der Waals surface area contributed by atoms with Crippen LogP contribution in [0.2, 0.25) is 0 Å². The molecule has 3 aromatic rings. The third-order valence-corrected chi connectivity index (χ3v) is 4.36. The molecular formula is C19H18N4O4S. The van der Waals surface area contributed by atoms with E-state index in [4.69, 9.17) is 9.15 Å². The van der Waals surface area contributed by atoms with Gasteiger partial charge in [-0.25, -0.2) is 0 Å². The van der Waals surface area contributed by atoms with Crippen molar-refractivity contribution in [3.8, 4) is 17.2 Å². The van der Waals surface area contributed by atoms with Crippen LogP contribution in [0.4, 0.5) is 11.4 Å². The van der Waals surface area contributed by atoms with Crippen molar-refractivity contribution in [2.45, 2.75) is 12.1 Å². The molecule has 144 valence electrons. The molecule has 0 unspecified atom stereocenters. The largest absolute Gasteiger partial charge is 0.495 e. The van der Waals surface area contributed by atoms with Crippen LogP contribution < -0.4 is 15.4 Å². The predicted molar refractivity (Wildman–Crippen MR) is 106 cm³/mol. The van der Waals surface area contributed by atoms with Crippen molar-refractivity contribution < 1.29 is 18.7 Å². The summed E-state index contributed by atoms with van der Waals surface area (Å²) in [5.41, 5.74) is 1.90. The molecule has 1 heterocycles. The van der Waals surface area contributed by atoms with Crippen LogP contribution in [0.1, 0.15) is 6.92 Å². The maximum absolute atomic E-state index is 12.2. The Balaban J connectivity index is 1.60. The van der Waals surface area contributed by atoms with Gasteiger partial charge in [-0.2, -0.15) is 0 Å². The van der Waals surface area contributed by atoms with Gasteiger partial charge in [-0.1, -0.05) is 30.0 Å². The minimum atomic E-state index is -0.220. The zero-order valence-electron chi connectivity index (χ0n) is 15.3. The van der Waals surface area contributed by atoms with Crippen molar-refractivity contribution in [2.24, 2.45) is 0 Å². The summed E-state index contributed by atoms with van der Waals surface area (Å²) in [4.78, 5) is 23.3. The number of ether oxygens (including phenoxy) is 1. The molecule has 0 spiro atoms. The number of hydrogen-bond donors (Lipinski definition) is 2. The number of anilines is 2. The van der Waals surface area contributed by atoms with Crippen LogP contribution in [0.5, 0.6) is 5.75 Å². The standard InChI is InChI=1S/C19H18N4O4S/c1-12(24)20-14-7-5-6-13(10-14)18-22-23-19(27-18)28-11-17(25)21-15-8-3-4-9-16(15)26-2/h3-10H,11H2,1-2H3,(H,20,24)(H,21,25). The first-order valence-electron chi connectivity index (χ1n) is 8.32. The van der Waals surface area contributed by atoms with Gasteiger partial charge in [0, 0.05) is 18.2 Å². The maximum atomic E-state index is 12.2. The van der Waals surface area contributed by atoms with Gasteiger partial charge in [0.05, 0.1) is 18.6 Å². The van der Waals surface area contributed by atoms with E-state index in [-0.39, 0.29) is 22.8 Å². The topological polar surface area (TPSA) is 106 Å². The molecule has 0 atom stereocenters. The van der Waals surface area contributed by atoms with Gasteiger partial charge in [0.15, 0.2) is 0 Å². The molecule has 0 radical (unpaired) electrons. The van der Waals surface area contributed by atoms with E-state index in [1.165, 1.54) is 6.92 Å². The van der Waals surface area contributed by atoms with E-state index in [0.717, 1.165) is 11.8 Å². The summed E-state index contributed by atoms with van der Waals surface area (Å²) in [6, 6.07) is 14.2. The number of para-hydroxylation sites is 2. The van der Waals surface area contributed by atoms with Gasteiger partial charge in [-0.15, -0.1) is 10.2 Å². The summed E-state index contributed by atoms with van der Waals surface area (Å²) in [6.45, 7) is 1.43. The molecule has 0 fully saturated rings. The molecule has 28 heavy (non-hydrogen) atoms. The average molecular weight is 398 g/mol. The first-order valence-corrected chi connectivity index (χ1v) is 9.31. The molecule has 1 aromatic heterocycles. The van der Waals surface area contributed by atoms with Crippen LogP contribution in [0.3, 0.4) is 0 Å². The molecule has 0 aliphatic heterocycles. The molecule has 0 saturated carbocycles. The number of amides is 2. The SMILES string of the molecule is COc1ccccc1NC(=O)CSc1nnc(-c2cccc(NC(C)=O)c2)o1. The number of methoxy groups -OCH3 is 1. The number of hydrogen-bond acceptors (Lipinski definition) is 7. The van der Waals surface area contributed by atoms with Gasteiger partial charge in [-0.3, -0.25) is 9.59 Å². The fraction of sp³-hybridized carbons (Fsp3) is 0.158. The summed E-state index contributed by atoms with van der Waals surface area (Å²) in [6.07, 6.45) is 0. The third kappa shape index (κ3) is 5.10. The Morgan fingerprint density at radius 3 is 2.71 bits per heavy atom. The van der Waals surface area contributed by atoms with E-state index in [9.17, 15) is 9.59 Å². The van der Waals surface area contributed by atoms with Crippen LogP contribution in [0.15, 0.2) is 58.2 Å². The molecule has 0 saturated heterocycles. The highest BCUT2D eigenvalue weighted by atomic mass is 32.2. The maximum Gasteiger partial charge on any atom is 0.277 e. The van der Waals surface area contributed by atoms with E-state index >= 15 is 0 Å². The van der Waals surface area contributed by atoms with Crippen molar-refractivity contribution in [1.82, 2.24) is 10.2 Å². The molecule has 0 aliphatic rings. The number of rotatable bonds is 7. The summed E-state index contributed by atoms with van der Waals surface area (Å²) < 4.78 is 10.8. The quantitative estimate of drug-likeness (QED) is 0.587. The molecule has 2 N–H and O–H groups in total. The van der Waals surface area contributed by atoms with Crippen molar-refractivity contribution in [3.63, 3.8) is 0 Å². The van der Waals surface area contributed by atoms with E-state index in [1.54, 1.807) is 43.5 Å². The van der Waals surface area contributed by atoms with Crippen LogP contribution in [0, 0.1) is 0 Å². The highest BCUT2D eigenvalue weighted by Gasteiger charge is 2.13. The number of nitrogens with zero attached hydrogens (tertiary/aromatic N) is 2. The lowest BCUT2D eigenvalue weighted by Crippen LogP contribution is -2.14. The minimum absolute atomic E-state index is 0.103. The predicted octanol–water partition coefficient (Wildman–Crippen LogP) is 3.43. The molecule has 2 aromatic carbocycles. The molecule has 0 bridgehead atoms. The van der Waals surface area contributed by atoms with Gasteiger partial charge < -0.3 is 19.8 Å². The second-order valence-corrected chi connectivity index (χ2v) is 6.60. The third-order valence-electron chi connectivity index (χ3n) is 3.54. The highest BCUT2D eigenvalue weighted by molar-refractivity contribution is 7.99. The molecule has 2 amide bonds. The zero-order chi connectivity index (χ0) is 19.9. The van der Waals surface area contributed by atoms with Crippen LogP contribution >= 0.6 is 11.8 Å². The monoisotopic (exact) mass is 398 g/mol. The summed E-state index contributed by atoms with van der Waals surface area (Å²) >= 11 is 1.13. The second kappa shape index (κ2) is 9.05. The zero-order valence-corrected chi connectivity index (χ0v) is 16.1. The molecule has 9 heteroatoms. The van der Waals surface area contributed by atoms with Gasteiger partial charge in [0.25, 0.3) is 5.22 Å². The van der Waals surface area contributed by atoms with Crippen LogP contribution in [-0.4, -0.2) is 34.9 Å². The Morgan fingerprint density at radius 1 is 1.11 bits per heavy atom. The summed E-state index contributed by atoms with van der Waals surface area (Å²) in [5, 5.41) is 13.7. The normalized spacial score (nSPS) is 10.4. The Morgan fingerprint density at radius 2 is 1.93 bits per heavy atom. The molecule has 8 nitrogen and oxygen atoms in total. The molecular weight excluding hydrogens is 380 g/mol. The van der Waals surface area contributed by atoms with Gasteiger partial charge >= 0.3 is 0 Å². The van der Waals surface area contributed by atoms with Crippen LogP contribution in [-0.2, 0) is 9.59 Å². The van der Waals surface area contributed by atoms with Gasteiger partial charge in [-0.05, 0) is 30.3 Å². The van der Waals surface area contributed by atoms with E-state index in [1.807, 2.05) is 12.1 Å². The number of aromatic nitrogens is 2. The Hall–Kier alpha value is -3.33. The summed E-state index contributed by atoms with van der Waals surface area (Å²) in [5.74, 6) is 0.604. The number of benzene rings is 2. The lowest BCUT2D eigenvalue weighted by molar-refractivity contribution is -0.114. The van der Waals surface area contributed by atoms with Crippen molar-refractivity contribution >= 4 is 35.0 Å². The highest BCUT2D eigenvalue weighted by Crippen LogP contribution is 2.26. The van der Waals surface area contributed by atoms with E-state index < -0.39 is 0 Å². The van der Waals surface area contributed by atoms with E-state index in [2.05, 4.69) is 20.8 Å². The first kappa shape index (κ1) is 19.4. The first-order chi connectivity index (χ1) is 13.5.